The van der Waals surface area contributed by atoms with Gasteiger partial charge in [0.05, 0.1) is 18.2 Å². The molecule has 0 aliphatic carbocycles. The van der Waals surface area contributed by atoms with Crippen molar-refractivity contribution in [1.82, 2.24) is 10.2 Å². The average Bonchev–Trinajstić information content (AvgIpc) is 2.52. The minimum Gasteiger partial charge on any atom is -0.493 e. The first-order valence-electron chi connectivity index (χ1n) is 8.12. The normalized spacial score (nSPS) is 18.1. The van der Waals surface area contributed by atoms with Crippen LogP contribution in [0.2, 0.25) is 5.02 Å². The summed E-state index contributed by atoms with van der Waals surface area (Å²) in [4.78, 5) is 25.2. The van der Waals surface area contributed by atoms with Crippen LogP contribution in [0.1, 0.15) is 19.4 Å². The fourth-order valence-electron chi connectivity index (χ4n) is 3.02. The summed E-state index contributed by atoms with van der Waals surface area (Å²) in [5, 5.41) is 3.24. The number of carbonyl (C=O) groups excluding carboxylic acids is 2. The zero-order valence-corrected chi connectivity index (χ0v) is 15.4. The van der Waals surface area contributed by atoms with Crippen molar-refractivity contribution in [2.45, 2.75) is 26.4 Å². The van der Waals surface area contributed by atoms with Gasteiger partial charge in [-0.05, 0) is 23.6 Å². The van der Waals surface area contributed by atoms with E-state index in [1.54, 1.807) is 12.1 Å². The van der Waals surface area contributed by atoms with Crippen LogP contribution in [0.3, 0.4) is 0 Å². The van der Waals surface area contributed by atoms with Crippen LogP contribution >= 0.6 is 11.6 Å². The zero-order valence-electron chi connectivity index (χ0n) is 14.7. The molecular weight excluding hydrogens is 346 g/mol. The average molecular weight is 370 g/mol. The molecule has 1 aliphatic heterocycles. The Morgan fingerprint density at radius 2 is 2.20 bits per heavy atom. The van der Waals surface area contributed by atoms with Gasteiger partial charge in [-0.15, -0.1) is 0 Å². The zero-order chi connectivity index (χ0) is 18.6. The summed E-state index contributed by atoms with van der Waals surface area (Å²) in [6.07, 6.45) is 0. The highest BCUT2D eigenvalue weighted by Gasteiger charge is 2.32. The Morgan fingerprint density at radius 1 is 1.48 bits per heavy atom. The van der Waals surface area contributed by atoms with Crippen molar-refractivity contribution in [3.63, 3.8) is 0 Å². The van der Waals surface area contributed by atoms with E-state index in [0.29, 0.717) is 23.9 Å². The number of nitrogens with one attached hydrogen (secondary N) is 1. The van der Waals surface area contributed by atoms with Gasteiger partial charge in [0.15, 0.2) is 18.1 Å². The minimum atomic E-state index is -0.596. The monoisotopic (exact) mass is 369 g/mol. The van der Waals surface area contributed by atoms with Gasteiger partial charge in [-0.1, -0.05) is 25.4 Å². The Bertz CT molecular complexity index is 651. The van der Waals surface area contributed by atoms with Gasteiger partial charge in [-0.2, -0.15) is 0 Å². The van der Waals surface area contributed by atoms with E-state index < -0.39 is 5.91 Å². The van der Waals surface area contributed by atoms with Gasteiger partial charge < -0.3 is 20.5 Å². The third-order valence-electron chi connectivity index (χ3n) is 4.03. The van der Waals surface area contributed by atoms with Crippen LogP contribution in [-0.2, 0) is 16.1 Å². The summed E-state index contributed by atoms with van der Waals surface area (Å²) >= 11 is 6.29. The molecule has 1 unspecified atom stereocenters. The summed E-state index contributed by atoms with van der Waals surface area (Å²) in [7, 11) is 1.50. The summed E-state index contributed by atoms with van der Waals surface area (Å²) in [6.45, 7) is 5.70. The number of rotatable bonds is 7. The third-order valence-corrected chi connectivity index (χ3v) is 4.31. The van der Waals surface area contributed by atoms with Crippen LogP contribution in [0.5, 0.6) is 11.5 Å². The van der Waals surface area contributed by atoms with E-state index >= 15 is 0 Å². The number of primary amides is 1. The number of amides is 2. The van der Waals surface area contributed by atoms with Gasteiger partial charge in [0.25, 0.3) is 5.91 Å². The predicted octanol–water partition coefficient (Wildman–Crippen LogP) is 1.17. The van der Waals surface area contributed by atoms with Crippen molar-refractivity contribution in [3.8, 4) is 11.5 Å². The molecule has 0 spiro atoms. The van der Waals surface area contributed by atoms with Crippen LogP contribution in [0.4, 0.5) is 0 Å². The maximum absolute atomic E-state index is 12.2. The minimum absolute atomic E-state index is 0.0423. The van der Waals surface area contributed by atoms with Crippen molar-refractivity contribution >= 4 is 23.4 Å². The molecule has 1 fully saturated rings. The number of ether oxygens (including phenoxy) is 2. The lowest BCUT2D eigenvalue weighted by molar-refractivity contribution is -0.131. The highest BCUT2D eigenvalue weighted by atomic mass is 35.5. The highest BCUT2D eigenvalue weighted by Crippen LogP contribution is 2.37. The number of hydrogen-bond donors (Lipinski definition) is 2. The largest absolute Gasteiger partial charge is 0.493 e. The predicted molar refractivity (Wildman–Crippen MR) is 94.7 cm³/mol. The molecule has 1 aromatic carbocycles. The highest BCUT2D eigenvalue weighted by molar-refractivity contribution is 6.32. The molecule has 1 aliphatic rings. The Hall–Kier alpha value is -1.99. The van der Waals surface area contributed by atoms with E-state index in [9.17, 15) is 9.59 Å². The maximum atomic E-state index is 12.2. The van der Waals surface area contributed by atoms with Crippen LogP contribution in [-0.4, -0.2) is 49.6 Å². The lowest BCUT2D eigenvalue weighted by atomic mass is 9.99. The first-order valence-corrected chi connectivity index (χ1v) is 8.50. The molecule has 0 saturated carbocycles. The summed E-state index contributed by atoms with van der Waals surface area (Å²) in [5.74, 6) is 0.340. The molecule has 138 valence electrons. The fraction of sp³-hybridized carbons (Fsp3) is 0.529. The van der Waals surface area contributed by atoms with E-state index in [1.807, 2.05) is 13.8 Å². The first-order chi connectivity index (χ1) is 11.8. The molecule has 2 rings (SSSR count). The fourth-order valence-corrected chi connectivity index (χ4v) is 3.30. The molecule has 8 heteroatoms. The molecule has 25 heavy (non-hydrogen) atoms. The molecule has 1 saturated heterocycles. The van der Waals surface area contributed by atoms with Gasteiger partial charge in [0.2, 0.25) is 5.91 Å². The summed E-state index contributed by atoms with van der Waals surface area (Å²) < 4.78 is 10.7. The van der Waals surface area contributed by atoms with E-state index in [0.717, 1.165) is 12.1 Å². The maximum Gasteiger partial charge on any atom is 0.255 e. The second-order valence-corrected chi connectivity index (χ2v) is 6.72. The van der Waals surface area contributed by atoms with Crippen molar-refractivity contribution < 1.29 is 19.1 Å². The van der Waals surface area contributed by atoms with Gasteiger partial charge in [-0.25, -0.2) is 0 Å². The van der Waals surface area contributed by atoms with E-state index in [2.05, 4.69) is 10.2 Å². The number of carbonyl (C=O) groups is 2. The Balaban J connectivity index is 2.23. The molecule has 0 aromatic heterocycles. The lowest BCUT2D eigenvalue weighted by Gasteiger charge is -2.37. The number of hydrogen-bond acceptors (Lipinski definition) is 5. The van der Waals surface area contributed by atoms with E-state index in [1.165, 1.54) is 7.11 Å². The molecule has 3 N–H and O–H groups in total. The van der Waals surface area contributed by atoms with Crippen LogP contribution in [0.15, 0.2) is 12.1 Å². The standard InChI is InChI=1S/C17H24ClN3O4/c1-10(2)15-17(23)20-4-5-21(15)8-11-6-12(18)16(13(7-11)24-3)25-9-14(19)22/h6-7,10,15H,4-5,8-9H2,1-3H3,(H2,19,22)(H,20,23). The quantitative estimate of drug-likeness (QED) is 0.752. The number of nitrogens with two attached hydrogens (primary N) is 1. The summed E-state index contributed by atoms with van der Waals surface area (Å²) in [6, 6.07) is 3.36. The third kappa shape index (κ3) is 4.76. The van der Waals surface area contributed by atoms with Crippen molar-refractivity contribution in [3.05, 3.63) is 22.7 Å². The van der Waals surface area contributed by atoms with Gasteiger partial charge >= 0.3 is 0 Å². The first kappa shape index (κ1) is 19.3. The van der Waals surface area contributed by atoms with Crippen LogP contribution in [0.25, 0.3) is 0 Å². The van der Waals surface area contributed by atoms with Gasteiger partial charge in [-0.3, -0.25) is 14.5 Å². The van der Waals surface area contributed by atoms with Crippen LogP contribution in [0, 0.1) is 5.92 Å². The van der Waals surface area contributed by atoms with Crippen molar-refractivity contribution in [2.75, 3.05) is 26.8 Å². The summed E-state index contributed by atoms with van der Waals surface area (Å²) in [5.41, 5.74) is 6.00. The lowest BCUT2D eigenvalue weighted by Crippen LogP contribution is -2.56. The van der Waals surface area contributed by atoms with E-state index in [4.69, 9.17) is 26.8 Å². The van der Waals surface area contributed by atoms with Crippen molar-refractivity contribution in [2.24, 2.45) is 11.7 Å². The van der Waals surface area contributed by atoms with E-state index in [-0.39, 0.29) is 30.2 Å². The number of methoxy groups -OCH3 is 1. The molecular formula is C17H24ClN3O4. The molecule has 7 nitrogen and oxygen atoms in total. The molecule has 2 amide bonds. The Labute approximate surface area is 152 Å². The number of halogens is 1. The van der Waals surface area contributed by atoms with Gasteiger partial charge in [0, 0.05) is 19.6 Å². The SMILES string of the molecule is COc1cc(CN2CCNC(=O)C2C(C)C)cc(Cl)c1OCC(N)=O. The van der Waals surface area contributed by atoms with Gasteiger partial charge in [0.1, 0.15) is 0 Å². The Kier molecular flexibility index (Phi) is 6.50. The molecule has 1 heterocycles. The molecule has 1 atom stereocenters. The topological polar surface area (TPSA) is 93.9 Å². The Morgan fingerprint density at radius 3 is 2.80 bits per heavy atom. The number of benzene rings is 1. The smallest absolute Gasteiger partial charge is 0.255 e. The van der Waals surface area contributed by atoms with Crippen molar-refractivity contribution in [1.29, 1.82) is 0 Å². The number of nitrogens with zero attached hydrogens (tertiary/aromatic N) is 1. The van der Waals surface area contributed by atoms with Crippen LogP contribution < -0.4 is 20.5 Å². The number of piperazine rings is 1. The second-order valence-electron chi connectivity index (χ2n) is 6.31. The molecule has 0 bridgehead atoms. The molecule has 0 radical (unpaired) electrons. The second kappa shape index (κ2) is 8.40. The molecule has 1 aromatic rings.